The zero-order valence-electron chi connectivity index (χ0n) is 7.72. The van der Waals surface area contributed by atoms with E-state index in [2.05, 4.69) is 10.1 Å². The van der Waals surface area contributed by atoms with Crippen LogP contribution in [0.4, 0.5) is 0 Å². The smallest absolute Gasteiger partial charge is 0.386 e. The number of hydrogen-bond acceptors (Lipinski definition) is 5. The monoisotopic (exact) mass is 203 g/mol. The Hall–Kier alpha value is -2.24. The SMILES string of the molecule is Cc1cc2c(=O)c(=O)oc3ncnn1c32. The van der Waals surface area contributed by atoms with Gasteiger partial charge in [0.2, 0.25) is 0 Å². The molecular weight excluding hydrogens is 198 g/mol. The summed E-state index contributed by atoms with van der Waals surface area (Å²) in [6.45, 7) is 1.79. The minimum Gasteiger partial charge on any atom is -0.399 e. The molecule has 0 fully saturated rings. The molecule has 15 heavy (non-hydrogen) atoms. The molecule has 0 aromatic carbocycles. The van der Waals surface area contributed by atoms with Crippen LogP contribution in [0.1, 0.15) is 5.69 Å². The first-order chi connectivity index (χ1) is 7.18. The van der Waals surface area contributed by atoms with Crippen molar-refractivity contribution in [3.8, 4) is 0 Å². The van der Waals surface area contributed by atoms with E-state index in [1.165, 1.54) is 10.8 Å². The van der Waals surface area contributed by atoms with Gasteiger partial charge in [0.15, 0.2) is 0 Å². The lowest BCUT2D eigenvalue weighted by atomic mass is 10.3. The van der Waals surface area contributed by atoms with Crippen LogP contribution in [0.5, 0.6) is 0 Å². The van der Waals surface area contributed by atoms with Gasteiger partial charge in [-0.25, -0.2) is 9.31 Å². The van der Waals surface area contributed by atoms with E-state index in [1.54, 1.807) is 13.0 Å². The second-order valence-electron chi connectivity index (χ2n) is 3.24. The molecule has 0 unspecified atom stereocenters. The highest BCUT2D eigenvalue weighted by molar-refractivity contribution is 5.90. The van der Waals surface area contributed by atoms with Crippen LogP contribution < -0.4 is 11.1 Å². The van der Waals surface area contributed by atoms with Crippen molar-refractivity contribution in [3.63, 3.8) is 0 Å². The van der Waals surface area contributed by atoms with E-state index in [-0.39, 0.29) is 5.71 Å². The van der Waals surface area contributed by atoms with Crippen LogP contribution in [0, 0.1) is 6.92 Å². The van der Waals surface area contributed by atoms with Crippen molar-refractivity contribution in [2.75, 3.05) is 0 Å². The van der Waals surface area contributed by atoms with Crippen molar-refractivity contribution in [1.82, 2.24) is 14.6 Å². The van der Waals surface area contributed by atoms with Gasteiger partial charge in [-0.15, -0.1) is 0 Å². The normalized spacial score (nSPS) is 11.5. The predicted molar refractivity (Wildman–Crippen MR) is 51.2 cm³/mol. The molecule has 0 saturated carbocycles. The third kappa shape index (κ3) is 0.876. The van der Waals surface area contributed by atoms with E-state index < -0.39 is 11.1 Å². The zero-order chi connectivity index (χ0) is 10.6. The van der Waals surface area contributed by atoms with Gasteiger partial charge in [0.1, 0.15) is 11.8 Å². The fraction of sp³-hybridized carbons (Fsp3) is 0.111. The van der Waals surface area contributed by atoms with Crippen LogP contribution in [-0.2, 0) is 0 Å². The Bertz CT molecular complexity index is 771. The molecule has 0 atom stereocenters. The number of rotatable bonds is 0. The van der Waals surface area contributed by atoms with Crippen LogP contribution in [0.2, 0.25) is 0 Å². The Morgan fingerprint density at radius 1 is 1.40 bits per heavy atom. The molecule has 0 aliphatic carbocycles. The maximum absolute atomic E-state index is 11.5. The van der Waals surface area contributed by atoms with Crippen molar-refractivity contribution in [2.24, 2.45) is 0 Å². The summed E-state index contributed by atoms with van der Waals surface area (Å²) >= 11 is 0. The van der Waals surface area contributed by atoms with Gasteiger partial charge in [-0.1, -0.05) is 0 Å². The molecule has 0 spiro atoms. The summed E-state index contributed by atoms with van der Waals surface area (Å²) in [5.41, 5.74) is -0.191. The Balaban J connectivity index is 2.84. The number of aryl methyl sites for hydroxylation is 1. The molecular formula is C9H5N3O3. The number of hydrogen-bond donors (Lipinski definition) is 0. The lowest BCUT2D eigenvalue weighted by molar-refractivity contribution is 0.540. The second-order valence-corrected chi connectivity index (χ2v) is 3.24. The summed E-state index contributed by atoms with van der Waals surface area (Å²) in [5.74, 6) is 0. The average Bonchev–Trinajstić information content (AvgIpc) is 2.55. The summed E-state index contributed by atoms with van der Waals surface area (Å²) in [6.07, 6.45) is 1.28. The summed E-state index contributed by atoms with van der Waals surface area (Å²) in [6, 6.07) is 1.61. The first kappa shape index (κ1) is 8.10. The van der Waals surface area contributed by atoms with Crippen molar-refractivity contribution in [2.45, 2.75) is 6.92 Å². The largest absolute Gasteiger partial charge is 0.399 e. The summed E-state index contributed by atoms with van der Waals surface area (Å²) in [4.78, 5) is 26.4. The van der Waals surface area contributed by atoms with Gasteiger partial charge in [-0.05, 0) is 13.0 Å². The molecule has 3 heterocycles. The minimum atomic E-state index is -0.895. The molecule has 0 radical (unpaired) electrons. The van der Waals surface area contributed by atoms with E-state index in [0.717, 1.165) is 5.69 Å². The van der Waals surface area contributed by atoms with E-state index in [0.29, 0.717) is 10.9 Å². The first-order valence-electron chi connectivity index (χ1n) is 4.28. The van der Waals surface area contributed by atoms with E-state index in [9.17, 15) is 9.59 Å². The van der Waals surface area contributed by atoms with E-state index in [4.69, 9.17) is 4.42 Å². The van der Waals surface area contributed by atoms with Gasteiger partial charge in [0, 0.05) is 5.69 Å². The average molecular weight is 203 g/mol. The highest BCUT2D eigenvalue weighted by Crippen LogP contribution is 2.16. The molecule has 0 amide bonds. The molecule has 6 nitrogen and oxygen atoms in total. The van der Waals surface area contributed by atoms with E-state index >= 15 is 0 Å². The molecule has 3 aromatic rings. The fourth-order valence-electron chi connectivity index (χ4n) is 1.67. The lowest BCUT2D eigenvalue weighted by Gasteiger charge is -1.96. The quantitative estimate of drug-likeness (QED) is 0.478. The molecule has 0 N–H and O–H groups in total. The highest BCUT2D eigenvalue weighted by Gasteiger charge is 2.15. The van der Waals surface area contributed by atoms with Gasteiger partial charge < -0.3 is 4.42 Å². The molecule has 3 aromatic heterocycles. The zero-order valence-corrected chi connectivity index (χ0v) is 7.72. The van der Waals surface area contributed by atoms with Gasteiger partial charge in [0.25, 0.3) is 11.1 Å². The van der Waals surface area contributed by atoms with Crippen molar-refractivity contribution < 1.29 is 4.42 Å². The molecule has 0 saturated heterocycles. The third-order valence-electron chi connectivity index (χ3n) is 2.32. The summed E-state index contributed by atoms with van der Waals surface area (Å²) in [5, 5.41) is 4.27. The Labute approximate surface area is 82.1 Å². The van der Waals surface area contributed by atoms with Crippen molar-refractivity contribution in [1.29, 1.82) is 0 Å². The standard InChI is InChI=1S/C9H5N3O3/c1-4-2-5-6-8(10-3-11-12(4)6)15-9(14)7(5)13/h2-3H,1H3. The number of nitrogens with zero attached hydrogens (tertiary/aromatic N) is 3. The van der Waals surface area contributed by atoms with Gasteiger partial charge >= 0.3 is 5.63 Å². The molecule has 0 aliphatic rings. The maximum atomic E-state index is 11.5. The summed E-state index contributed by atoms with van der Waals surface area (Å²) in [7, 11) is 0. The van der Waals surface area contributed by atoms with Gasteiger partial charge in [-0.3, -0.25) is 4.79 Å². The van der Waals surface area contributed by atoms with Crippen molar-refractivity contribution >= 4 is 16.6 Å². The number of aromatic nitrogens is 3. The Morgan fingerprint density at radius 3 is 3.00 bits per heavy atom. The summed E-state index contributed by atoms with van der Waals surface area (Å²) < 4.78 is 6.30. The van der Waals surface area contributed by atoms with Crippen LogP contribution in [0.15, 0.2) is 26.4 Å². The minimum absolute atomic E-state index is 0.137. The molecule has 6 heteroatoms. The maximum Gasteiger partial charge on any atom is 0.386 e. The predicted octanol–water partition coefficient (Wildman–Crippen LogP) is -0.0579. The van der Waals surface area contributed by atoms with Crippen LogP contribution in [-0.4, -0.2) is 14.6 Å². The van der Waals surface area contributed by atoms with Gasteiger partial charge in [0.05, 0.1) is 5.39 Å². The first-order valence-corrected chi connectivity index (χ1v) is 4.28. The van der Waals surface area contributed by atoms with E-state index in [1.807, 2.05) is 0 Å². The molecule has 0 bridgehead atoms. The topological polar surface area (TPSA) is 77.5 Å². The lowest BCUT2D eigenvalue weighted by Crippen LogP contribution is -2.22. The Morgan fingerprint density at radius 2 is 2.20 bits per heavy atom. The Kier molecular flexibility index (Phi) is 1.30. The van der Waals surface area contributed by atoms with Crippen LogP contribution in [0.3, 0.4) is 0 Å². The van der Waals surface area contributed by atoms with Crippen LogP contribution in [0.25, 0.3) is 16.6 Å². The van der Waals surface area contributed by atoms with Gasteiger partial charge in [-0.2, -0.15) is 10.1 Å². The highest BCUT2D eigenvalue weighted by atomic mass is 16.4. The van der Waals surface area contributed by atoms with Crippen LogP contribution >= 0.6 is 0 Å². The molecule has 74 valence electrons. The second kappa shape index (κ2) is 2.41. The van der Waals surface area contributed by atoms with Crippen molar-refractivity contribution in [3.05, 3.63) is 38.7 Å². The molecule has 0 aliphatic heterocycles. The molecule has 3 rings (SSSR count). The third-order valence-corrected chi connectivity index (χ3v) is 2.32. The fourth-order valence-corrected chi connectivity index (χ4v) is 1.67.